The Morgan fingerprint density at radius 3 is 2.48 bits per heavy atom. The van der Waals surface area contributed by atoms with Gasteiger partial charge in [-0.15, -0.1) is 11.3 Å². The van der Waals surface area contributed by atoms with Crippen molar-refractivity contribution in [2.75, 3.05) is 0 Å². The fourth-order valence-electron chi connectivity index (χ4n) is 1.56. The summed E-state index contributed by atoms with van der Waals surface area (Å²) in [6, 6.07) is 8.68. The molecule has 2 rings (SSSR count). The standard InChI is InChI=1S/C13H11N3O4S/c1-8-5-6-11(21-8)13(18)15-14-12(17)9-3-2-4-10(7-9)16(19)20/h2-7H,1H3,(H,14,17)(H,15,18). The van der Waals surface area contributed by atoms with Crippen LogP contribution in [0.25, 0.3) is 0 Å². The number of benzene rings is 1. The Kier molecular flexibility index (Phi) is 4.29. The van der Waals surface area contributed by atoms with E-state index in [4.69, 9.17) is 0 Å². The van der Waals surface area contributed by atoms with Crippen LogP contribution in [0.4, 0.5) is 5.69 Å². The largest absolute Gasteiger partial charge is 0.279 e. The molecule has 0 aliphatic carbocycles. The Balaban J connectivity index is 2.00. The van der Waals surface area contributed by atoms with Crippen molar-refractivity contribution in [3.8, 4) is 0 Å². The second-order valence-electron chi connectivity index (χ2n) is 4.13. The molecule has 0 atom stereocenters. The summed E-state index contributed by atoms with van der Waals surface area (Å²) in [7, 11) is 0. The van der Waals surface area contributed by atoms with E-state index < -0.39 is 16.7 Å². The van der Waals surface area contributed by atoms with Gasteiger partial charge in [-0.2, -0.15) is 0 Å². The van der Waals surface area contributed by atoms with Crippen molar-refractivity contribution in [3.05, 3.63) is 61.8 Å². The summed E-state index contributed by atoms with van der Waals surface area (Å²) in [5, 5.41) is 10.6. The molecule has 7 nitrogen and oxygen atoms in total. The molecule has 0 spiro atoms. The van der Waals surface area contributed by atoms with Crippen molar-refractivity contribution >= 4 is 28.8 Å². The first-order valence-electron chi connectivity index (χ1n) is 5.89. The van der Waals surface area contributed by atoms with Crippen LogP contribution in [0.2, 0.25) is 0 Å². The van der Waals surface area contributed by atoms with E-state index in [0.717, 1.165) is 10.9 Å². The van der Waals surface area contributed by atoms with Crippen LogP contribution in [0.15, 0.2) is 36.4 Å². The van der Waals surface area contributed by atoms with Gasteiger partial charge in [-0.3, -0.25) is 30.6 Å². The molecule has 0 bridgehead atoms. The lowest BCUT2D eigenvalue weighted by molar-refractivity contribution is -0.384. The third-order valence-electron chi connectivity index (χ3n) is 2.57. The maximum Gasteiger partial charge on any atom is 0.279 e. The highest BCUT2D eigenvalue weighted by atomic mass is 32.1. The van der Waals surface area contributed by atoms with E-state index in [9.17, 15) is 19.7 Å². The molecule has 0 aliphatic heterocycles. The van der Waals surface area contributed by atoms with Gasteiger partial charge in [0.25, 0.3) is 17.5 Å². The third-order valence-corrected chi connectivity index (χ3v) is 3.57. The van der Waals surface area contributed by atoms with Gasteiger partial charge in [-0.1, -0.05) is 6.07 Å². The minimum atomic E-state index is -0.625. The molecule has 0 fully saturated rings. The molecule has 21 heavy (non-hydrogen) atoms. The van der Waals surface area contributed by atoms with Crippen LogP contribution in [0, 0.1) is 17.0 Å². The van der Waals surface area contributed by atoms with Crippen molar-refractivity contribution < 1.29 is 14.5 Å². The van der Waals surface area contributed by atoms with Crippen LogP contribution in [0.5, 0.6) is 0 Å². The molecule has 8 heteroatoms. The normalized spacial score (nSPS) is 9.95. The first kappa shape index (κ1) is 14.7. The van der Waals surface area contributed by atoms with Crippen LogP contribution in [-0.2, 0) is 0 Å². The molecule has 0 aliphatic rings. The van der Waals surface area contributed by atoms with E-state index in [-0.39, 0.29) is 11.3 Å². The molecule has 0 saturated carbocycles. The highest BCUT2D eigenvalue weighted by Crippen LogP contribution is 2.15. The van der Waals surface area contributed by atoms with Gasteiger partial charge in [-0.05, 0) is 25.1 Å². The highest BCUT2D eigenvalue weighted by molar-refractivity contribution is 7.13. The van der Waals surface area contributed by atoms with E-state index in [1.165, 1.54) is 29.5 Å². The predicted octanol–water partition coefficient (Wildman–Crippen LogP) is 2.04. The number of thiophene rings is 1. The molecule has 2 aromatic rings. The summed E-state index contributed by atoms with van der Waals surface area (Å²) < 4.78 is 0. The number of carbonyl (C=O) groups is 2. The minimum absolute atomic E-state index is 0.0897. The van der Waals surface area contributed by atoms with Gasteiger partial charge in [0.1, 0.15) is 0 Å². The highest BCUT2D eigenvalue weighted by Gasteiger charge is 2.13. The maximum atomic E-state index is 11.8. The first-order chi connectivity index (χ1) is 9.97. The van der Waals surface area contributed by atoms with Gasteiger partial charge < -0.3 is 0 Å². The van der Waals surface area contributed by atoms with Gasteiger partial charge in [0.2, 0.25) is 0 Å². The van der Waals surface area contributed by atoms with Crippen molar-refractivity contribution in [2.45, 2.75) is 6.92 Å². The zero-order valence-corrected chi connectivity index (χ0v) is 11.8. The van der Waals surface area contributed by atoms with E-state index in [1.807, 2.05) is 6.92 Å². The van der Waals surface area contributed by atoms with Gasteiger partial charge in [0, 0.05) is 22.6 Å². The number of hydrogen-bond donors (Lipinski definition) is 2. The summed E-state index contributed by atoms with van der Waals surface area (Å²) >= 11 is 1.30. The molecular formula is C13H11N3O4S. The number of nitro benzene ring substituents is 1. The van der Waals surface area contributed by atoms with Gasteiger partial charge >= 0.3 is 0 Å². The Labute approximate surface area is 123 Å². The van der Waals surface area contributed by atoms with Gasteiger partial charge in [0.15, 0.2) is 0 Å². The summed E-state index contributed by atoms with van der Waals surface area (Å²) in [5.74, 6) is -1.06. The summed E-state index contributed by atoms with van der Waals surface area (Å²) in [4.78, 5) is 35.0. The van der Waals surface area contributed by atoms with E-state index in [1.54, 1.807) is 12.1 Å². The van der Waals surface area contributed by atoms with Crippen LogP contribution in [0.1, 0.15) is 24.9 Å². The number of nitrogens with zero attached hydrogens (tertiary/aromatic N) is 1. The third kappa shape index (κ3) is 3.63. The van der Waals surface area contributed by atoms with Gasteiger partial charge in [0.05, 0.1) is 9.80 Å². The molecule has 108 valence electrons. The molecule has 1 aromatic carbocycles. The zero-order chi connectivity index (χ0) is 15.4. The average molecular weight is 305 g/mol. The molecule has 0 saturated heterocycles. The number of nitro groups is 1. The monoisotopic (exact) mass is 305 g/mol. The number of carbonyl (C=O) groups excluding carboxylic acids is 2. The Bertz CT molecular complexity index is 711. The second kappa shape index (κ2) is 6.14. The second-order valence-corrected chi connectivity index (χ2v) is 5.41. The van der Waals surface area contributed by atoms with E-state index in [2.05, 4.69) is 10.9 Å². The molecule has 2 N–H and O–H groups in total. The van der Waals surface area contributed by atoms with E-state index in [0.29, 0.717) is 4.88 Å². The van der Waals surface area contributed by atoms with Crippen LogP contribution < -0.4 is 10.9 Å². The molecule has 2 amide bonds. The smallest absolute Gasteiger partial charge is 0.267 e. The fourth-order valence-corrected chi connectivity index (χ4v) is 2.33. The van der Waals surface area contributed by atoms with Crippen molar-refractivity contribution in [2.24, 2.45) is 0 Å². The SMILES string of the molecule is Cc1ccc(C(=O)NNC(=O)c2cccc([N+](=O)[O-])c2)s1. The predicted molar refractivity (Wildman–Crippen MR) is 77.1 cm³/mol. The molecule has 0 unspecified atom stereocenters. The Morgan fingerprint density at radius 2 is 1.86 bits per heavy atom. The van der Waals surface area contributed by atoms with Crippen LogP contribution in [0.3, 0.4) is 0 Å². The van der Waals surface area contributed by atoms with Crippen LogP contribution >= 0.6 is 11.3 Å². The number of rotatable bonds is 3. The summed E-state index contributed by atoms with van der Waals surface area (Å²) in [6.45, 7) is 1.86. The number of nitrogens with one attached hydrogen (secondary N) is 2. The molecular weight excluding hydrogens is 294 g/mol. The zero-order valence-electron chi connectivity index (χ0n) is 11.0. The Hall–Kier alpha value is -2.74. The summed E-state index contributed by atoms with van der Waals surface area (Å²) in [6.07, 6.45) is 0. The van der Waals surface area contributed by atoms with E-state index >= 15 is 0 Å². The minimum Gasteiger partial charge on any atom is -0.267 e. The number of non-ortho nitro benzene ring substituents is 1. The topological polar surface area (TPSA) is 101 Å². The fraction of sp³-hybridized carbons (Fsp3) is 0.0769. The maximum absolute atomic E-state index is 11.8. The first-order valence-corrected chi connectivity index (χ1v) is 6.70. The Morgan fingerprint density at radius 1 is 1.14 bits per heavy atom. The van der Waals surface area contributed by atoms with Gasteiger partial charge in [-0.25, -0.2) is 0 Å². The lowest BCUT2D eigenvalue weighted by Gasteiger charge is -2.06. The van der Waals surface area contributed by atoms with Crippen LogP contribution in [-0.4, -0.2) is 16.7 Å². The van der Waals surface area contributed by atoms with Crippen molar-refractivity contribution in [1.82, 2.24) is 10.9 Å². The van der Waals surface area contributed by atoms with Crippen molar-refractivity contribution in [3.63, 3.8) is 0 Å². The number of hydrogen-bond acceptors (Lipinski definition) is 5. The number of amides is 2. The average Bonchev–Trinajstić information content (AvgIpc) is 2.91. The molecule has 1 heterocycles. The summed E-state index contributed by atoms with van der Waals surface area (Å²) in [5.41, 5.74) is 4.38. The quantitative estimate of drug-likeness (QED) is 0.669. The number of hydrazine groups is 1. The lowest BCUT2D eigenvalue weighted by Crippen LogP contribution is -2.41. The molecule has 0 radical (unpaired) electrons. The lowest BCUT2D eigenvalue weighted by atomic mass is 10.2. The van der Waals surface area contributed by atoms with Crippen molar-refractivity contribution in [1.29, 1.82) is 0 Å². The number of aryl methyl sites for hydroxylation is 1. The molecule has 1 aromatic heterocycles.